The van der Waals surface area contributed by atoms with Crippen LogP contribution in [0.4, 0.5) is 46.5 Å². The molecule has 1 saturated carbocycles. The Hall–Kier alpha value is -4.96. The maximum absolute atomic E-state index is 13.2. The highest BCUT2D eigenvalue weighted by Crippen LogP contribution is 2.61. The number of aromatic nitrogens is 4. The van der Waals surface area contributed by atoms with Gasteiger partial charge in [0.15, 0.2) is 0 Å². The smallest absolute Gasteiger partial charge is 0.426 e. The minimum absolute atomic E-state index is 0.0660. The summed E-state index contributed by atoms with van der Waals surface area (Å²) in [6, 6.07) is 10.5. The summed E-state index contributed by atoms with van der Waals surface area (Å²) in [6.45, 7) is 4.51. The van der Waals surface area contributed by atoms with Gasteiger partial charge in [0.05, 0.1) is 16.8 Å². The second-order valence-electron chi connectivity index (χ2n) is 12.6. The van der Waals surface area contributed by atoms with Crippen LogP contribution in [0.15, 0.2) is 54.9 Å². The lowest BCUT2D eigenvalue weighted by Crippen LogP contribution is -2.33. The Morgan fingerprint density at radius 1 is 0.784 bits per heavy atom. The molecule has 2 aliphatic carbocycles. The number of benzene rings is 2. The van der Waals surface area contributed by atoms with Gasteiger partial charge in [-0.05, 0) is 65.8 Å². The highest BCUT2D eigenvalue weighted by molar-refractivity contribution is 6.06. The Morgan fingerprint density at radius 3 is 1.82 bits per heavy atom. The molecule has 17 heteroatoms. The van der Waals surface area contributed by atoms with Crippen molar-refractivity contribution in [1.29, 1.82) is 0 Å². The zero-order chi connectivity index (χ0) is 37.4. The molecule has 2 N–H and O–H groups in total. The van der Waals surface area contributed by atoms with E-state index < -0.39 is 65.6 Å². The number of rotatable bonds is 10. The van der Waals surface area contributed by atoms with Crippen molar-refractivity contribution in [2.45, 2.75) is 63.9 Å². The minimum Gasteiger partial charge on any atom is -0.426 e. The number of hydrogen-bond donors (Lipinski definition) is 2. The van der Waals surface area contributed by atoms with Gasteiger partial charge >= 0.3 is 12.5 Å². The van der Waals surface area contributed by atoms with Gasteiger partial charge in [0.1, 0.15) is 17.1 Å². The first-order valence-electron chi connectivity index (χ1n) is 15.8. The van der Waals surface area contributed by atoms with Crippen LogP contribution in [0.5, 0.6) is 5.75 Å². The predicted molar refractivity (Wildman–Crippen MR) is 170 cm³/mol. The van der Waals surface area contributed by atoms with Gasteiger partial charge in [-0.15, -0.1) is 0 Å². The number of carbonyl (C=O) groups excluding carboxylic acids is 2. The summed E-state index contributed by atoms with van der Waals surface area (Å²) in [4.78, 5) is 24.8. The summed E-state index contributed by atoms with van der Waals surface area (Å²) in [5.74, 6) is -0.198. The van der Waals surface area contributed by atoms with Crippen LogP contribution in [0.2, 0.25) is 0 Å². The highest BCUT2D eigenvalue weighted by atomic mass is 19.3. The van der Waals surface area contributed by atoms with E-state index in [1.54, 1.807) is 0 Å². The first-order chi connectivity index (χ1) is 24.0. The zero-order valence-electron chi connectivity index (χ0n) is 27.7. The lowest BCUT2D eigenvalue weighted by atomic mass is 9.85. The summed E-state index contributed by atoms with van der Waals surface area (Å²) < 4.78 is 109. The standard InChI is InChI=1S/C20H23F2N3O.C14H11F6N3O2/c1-10(2)16-12-7-8-13(16)17-11(12)5-4-6-15(17)23-20(26)14-9-25(3)24-18(14)19(21)22;1-23-6-7(10(22-23)11(15)16)12(24)21-8-4-2-3-5-9(8)25-14(19,20)13(17)18/h4-6,9-10,12-13,16,19H,7-8H2,1-3H3,(H,23,26);2-6,11,13H,1H3,(H,21,24)/t12?,13?,16-;/m1./s1. The van der Waals surface area contributed by atoms with Crippen molar-refractivity contribution < 1.29 is 49.4 Å². The van der Waals surface area contributed by atoms with Crippen molar-refractivity contribution in [3.05, 3.63) is 88.5 Å². The van der Waals surface area contributed by atoms with Crippen LogP contribution in [-0.2, 0) is 14.1 Å². The number of halogens is 8. The van der Waals surface area contributed by atoms with Gasteiger partial charge in [-0.25, -0.2) is 17.6 Å². The normalized spacial score (nSPS) is 17.9. The molecule has 0 aliphatic heterocycles. The third-order valence-corrected chi connectivity index (χ3v) is 8.90. The molecule has 0 saturated heterocycles. The molecule has 9 nitrogen and oxygen atoms in total. The molecule has 0 spiro atoms. The second kappa shape index (κ2) is 14.7. The second-order valence-corrected chi connectivity index (χ2v) is 12.6. The van der Waals surface area contributed by atoms with Crippen LogP contribution in [0.3, 0.4) is 0 Å². The Morgan fingerprint density at radius 2 is 1.29 bits per heavy atom. The molecule has 2 aliphatic rings. The van der Waals surface area contributed by atoms with Gasteiger partial charge in [0.25, 0.3) is 24.7 Å². The van der Waals surface area contributed by atoms with Crippen LogP contribution < -0.4 is 15.4 Å². The maximum Gasteiger partial charge on any atom is 0.461 e. The largest absolute Gasteiger partial charge is 0.461 e. The summed E-state index contributed by atoms with van der Waals surface area (Å²) in [5.41, 5.74) is 1.05. The van der Waals surface area contributed by atoms with E-state index in [2.05, 4.69) is 45.5 Å². The molecule has 2 amide bonds. The van der Waals surface area contributed by atoms with Crippen molar-refractivity contribution in [2.24, 2.45) is 25.9 Å². The zero-order valence-corrected chi connectivity index (χ0v) is 27.7. The van der Waals surface area contributed by atoms with Gasteiger partial charge in [-0.2, -0.15) is 27.8 Å². The van der Waals surface area contributed by atoms with E-state index >= 15 is 0 Å². The molecule has 51 heavy (non-hydrogen) atoms. The number of hydrogen-bond acceptors (Lipinski definition) is 5. The number of aryl methyl sites for hydroxylation is 2. The molecule has 2 unspecified atom stereocenters. The summed E-state index contributed by atoms with van der Waals surface area (Å²) in [7, 11) is 2.85. The Bertz CT molecular complexity index is 1890. The van der Waals surface area contributed by atoms with Crippen LogP contribution in [0, 0.1) is 11.8 Å². The Labute approximate surface area is 287 Å². The monoisotopic (exact) mass is 726 g/mol. The predicted octanol–water partition coefficient (Wildman–Crippen LogP) is 8.70. The van der Waals surface area contributed by atoms with Crippen molar-refractivity contribution in [3.8, 4) is 5.75 Å². The number of carbonyl (C=O) groups is 2. The number of para-hydroxylation sites is 2. The Kier molecular flexibility index (Phi) is 10.8. The Balaban J connectivity index is 0.000000198. The fraction of sp³-hybridized carbons (Fsp3) is 0.412. The number of alkyl halides is 8. The summed E-state index contributed by atoms with van der Waals surface area (Å²) in [6.07, 6.45) is -10.0. The quantitative estimate of drug-likeness (QED) is 0.159. The molecule has 1 fully saturated rings. The average molecular weight is 727 g/mol. The van der Waals surface area contributed by atoms with Gasteiger partial charge in [-0.3, -0.25) is 19.0 Å². The fourth-order valence-corrected chi connectivity index (χ4v) is 7.00. The topological polar surface area (TPSA) is 103 Å². The van der Waals surface area contributed by atoms with E-state index in [1.165, 1.54) is 54.7 Å². The van der Waals surface area contributed by atoms with E-state index in [0.717, 1.165) is 35.1 Å². The molecule has 3 atom stereocenters. The van der Waals surface area contributed by atoms with E-state index in [0.29, 0.717) is 23.7 Å². The first-order valence-corrected chi connectivity index (χ1v) is 15.8. The van der Waals surface area contributed by atoms with Crippen LogP contribution >= 0.6 is 0 Å². The molecule has 6 rings (SSSR count). The number of nitrogens with one attached hydrogen (secondary N) is 2. The van der Waals surface area contributed by atoms with Crippen molar-refractivity contribution >= 4 is 23.2 Å². The molecule has 0 radical (unpaired) electrons. The van der Waals surface area contributed by atoms with Gasteiger partial charge in [-0.1, -0.05) is 38.1 Å². The minimum atomic E-state index is -4.79. The fourth-order valence-electron chi connectivity index (χ4n) is 7.00. The summed E-state index contributed by atoms with van der Waals surface area (Å²) in [5, 5.41) is 12.1. The van der Waals surface area contributed by atoms with Gasteiger partial charge < -0.3 is 15.4 Å². The molecular weight excluding hydrogens is 692 g/mol. The first kappa shape index (κ1) is 37.3. The van der Waals surface area contributed by atoms with E-state index in [4.69, 9.17) is 0 Å². The van der Waals surface area contributed by atoms with Crippen molar-refractivity contribution in [3.63, 3.8) is 0 Å². The van der Waals surface area contributed by atoms with Crippen LogP contribution in [-0.4, -0.2) is 43.9 Å². The molecular formula is C34H34F8N6O3. The van der Waals surface area contributed by atoms with E-state index in [-0.39, 0.29) is 5.56 Å². The van der Waals surface area contributed by atoms with Crippen LogP contribution in [0.1, 0.15) is 94.6 Å². The number of fused-ring (bicyclic) bond motifs is 5. The number of ether oxygens (including phenoxy) is 1. The molecule has 2 aromatic heterocycles. The highest BCUT2D eigenvalue weighted by Gasteiger charge is 2.48. The van der Waals surface area contributed by atoms with Crippen LogP contribution in [0.25, 0.3) is 0 Å². The van der Waals surface area contributed by atoms with Crippen molar-refractivity contribution in [2.75, 3.05) is 10.6 Å². The molecule has 2 heterocycles. The van der Waals surface area contributed by atoms with E-state index in [9.17, 15) is 44.7 Å². The van der Waals surface area contributed by atoms with Gasteiger partial charge in [0.2, 0.25) is 0 Å². The van der Waals surface area contributed by atoms with Gasteiger partial charge in [0, 0.05) is 32.2 Å². The van der Waals surface area contributed by atoms with Crippen molar-refractivity contribution in [1.82, 2.24) is 19.6 Å². The lowest BCUT2D eigenvalue weighted by Gasteiger charge is -2.21. The summed E-state index contributed by atoms with van der Waals surface area (Å²) >= 11 is 0. The molecule has 2 bridgehead atoms. The number of nitrogens with zero attached hydrogens (tertiary/aromatic N) is 4. The third-order valence-electron chi connectivity index (χ3n) is 8.90. The maximum atomic E-state index is 13.2. The number of anilines is 2. The molecule has 4 aromatic rings. The molecule has 2 aromatic carbocycles. The molecule has 274 valence electrons. The SMILES string of the molecule is CC(C)[C@@H]1C2CCC1c1c(NC(=O)c3cn(C)nc3C(F)F)cccc12.Cn1cc(C(=O)Nc2ccccc2OC(F)(F)C(F)F)c(C(F)F)n1. The third kappa shape index (κ3) is 7.71. The lowest BCUT2D eigenvalue weighted by molar-refractivity contribution is -0.252. The van der Waals surface area contributed by atoms with E-state index in [1.807, 2.05) is 12.1 Å². The average Bonchev–Trinajstić information content (AvgIpc) is 3.84. The number of amides is 2.